The Morgan fingerprint density at radius 3 is 2.19 bits per heavy atom. The van der Waals surface area contributed by atoms with Crippen molar-refractivity contribution in [3.05, 3.63) is 59.2 Å². The van der Waals surface area contributed by atoms with Crippen molar-refractivity contribution in [1.29, 1.82) is 0 Å². The Hall–Kier alpha value is -2.38. The van der Waals surface area contributed by atoms with Crippen LogP contribution in [-0.2, 0) is 21.2 Å². The van der Waals surface area contributed by atoms with Crippen LogP contribution in [0.3, 0.4) is 0 Å². The molecule has 1 aliphatic rings. The number of rotatable bonds is 4. The van der Waals surface area contributed by atoms with E-state index in [-0.39, 0.29) is 31.2 Å². The SMILES string of the molecule is Cc1ccc(S(=O)(=O)N2CCN(C(=O)Cc3ccc(O)cc3)CC2)cc1C. The molecule has 1 heterocycles. The molecule has 1 fully saturated rings. The topological polar surface area (TPSA) is 77.9 Å². The molecule has 0 radical (unpaired) electrons. The van der Waals surface area contributed by atoms with Gasteiger partial charge in [-0.05, 0) is 54.8 Å². The highest BCUT2D eigenvalue weighted by molar-refractivity contribution is 7.89. The first-order valence-electron chi connectivity index (χ1n) is 8.90. The lowest BCUT2D eigenvalue weighted by Gasteiger charge is -2.34. The van der Waals surface area contributed by atoms with Gasteiger partial charge in [0.1, 0.15) is 5.75 Å². The number of sulfonamides is 1. The number of hydrogen-bond donors (Lipinski definition) is 1. The summed E-state index contributed by atoms with van der Waals surface area (Å²) in [5, 5.41) is 9.31. The van der Waals surface area contributed by atoms with Crippen LogP contribution in [0.15, 0.2) is 47.4 Å². The van der Waals surface area contributed by atoms with E-state index in [0.29, 0.717) is 18.0 Å². The maximum atomic E-state index is 12.8. The highest BCUT2D eigenvalue weighted by Crippen LogP contribution is 2.21. The van der Waals surface area contributed by atoms with E-state index in [2.05, 4.69) is 0 Å². The first-order chi connectivity index (χ1) is 12.8. The van der Waals surface area contributed by atoms with E-state index in [1.54, 1.807) is 41.3 Å². The van der Waals surface area contributed by atoms with Crippen molar-refractivity contribution in [2.24, 2.45) is 0 Å². The smallest absolute Gasteiger partial charge is 0.243 e. The van der Waals surface area contributed by atoms with Crippen LogP contribution in [0, 0.1) is 13.8 Å². The van der Waals surface area contributed by atoms with E-state index >= 15 is 0 Å². The monoisotopic (exact) mass is 388 g/mol. The van der Waals surface area contributed by atoms with Crippen molar-refractivity contribution in [2.75, 3.05) is 26.2 Å². The second kappa shape index (κ2) is 7.70. The number of piperazine rings is 1. The molecule has 0 saturated carbocycles. The van der Waals surface area contributed by atoms with Crippen molar-refractivity contribution in [3.63, 3.8) is 0 Å². The summed E-state index contributed by atoms with van der Waals surface area (Å²) in [6, 6.07) is 11.7. The Bertz CT molecular complexity index is 931. The number of amides is 1. The van der Waals surface area contributed by atoms with Gasteiger partial charge in [-0.3, -0.25) is 4.79 Å². The first kappa shape index (κ1) is 19.4. The van der Waals surface area contributed by atoms with Gasteiger partial charge >= 0.3 is 0 Å². The molecule has 7 heteroatoms. The van der Waals surface area contributed by atoms with Gasteiger partial charge in [-0.25, -0.2) is 8.42 Å². The lowest BCUT2D eigenvalue weighted by molar-refractivity contribution is -0.131. The molecule has 1 saturated heterocycles. The van der Waals surface area contributed by atoms with Crippen LogP contribution in [0.25, 0.3) is 0 Å². The predicted octanol–water partition coefficient (Wildman–Crippen LogP) is 2.08. The third kappa shape index (κ3) is 4.31. The zero-order valence-corrected chi connectivity index (χ0v) is 16.4. The minimum absolute atomic E-state index is 0.0380. The van der Waals surface area contributed by atoms with Gasteiger partial charge in [-0.15, -0.1) is 0 Å². The first-order valence-corrected chi connectivity index (χ1v) is 10.3. The molecule has 27 heavy (non-hydrogen) atoms. The Labute approximate surface area is 160 Å². The number of phenolic OH excluding ortho intramolecular Hbond substituents is 1. The minimum atomic E-state index is -3.55. The fourth-order valence-electron chi connectivity index (χ4n) is 3.10. The maximum Gasteiger partial charge on any atom is 0.243 e. The van der Waals surface area contributed by atoms with Crippen LogP contribution in [0.4, 0.5) is 0 Å². The molecule has 0 atom stereocenters. The molecule has 0 unspecified atom stereocenters. The van der Waals surface area contributed by atoms with E-state index in [0.717, 1.165) is 16.7 Å². The third-order valence-electron chi connectivity index (χ3n) is 5.00. The zero-order chi connectivity index (χ0) is 19.6. The van der Waals surface area contributed by atoms with Gasteiger partial charge in [0.25, 0.3) is 0 Å². The molecule has 0 aromatic heterocycles. The summed E-state index contributed by atoms with van der Waals surface area (Å²) in [6.45, 7) is 5.17. The van der Waals surface area contributed by atoms with Crippen molar-refractivity contribution in [2.45, 2.75) is 25.2 Å². The quantitative estimate of drug-likeness (QED) is 0.870. The van der Waals surface area contributed by atoms with E-state index in [1.165, 1.54) is 4.31 Å². The molecular weight excluding hydrogens is 364 g/mol. The van der Waals surface area contributed by atoms with Crippen LogP contribution in [0.2, 0.25) is 0 Å². The molecule has 2 aromatic rings. The van der Waals surface area contributed by atoms with Crippen molar-refractivity contribution in [3.8, 4) is 5.75 Å². The highest BCUT2D eigenvalue weighted by Gasteiger charge is 2.30. The molecule has 6 nitrogen and oxygen atoms in total. The van der Waals surface area contributed by atoms with Crippen LogP contribution >= 0.6 is 0 Å². The number of carbonyl (C=O) groups is 1. The number of phenols is 1. The molecule has 1 N–H and O–H groups in total. The van der Waals surface area contributed by atoms with Crippen LogP contribution < -0.4 is 0 Å². The molecule has 1 aliphatic heterocycles. The average molecular weight is 388 g/mol. The lowest BCUT2D eigenvalue weighted by atomic mass is 10.1. The number of benzene rings is 2. The summed E-state index contributed by atoms with van der Waals surface area (Å²) in [5.74, 6) is 0.125. The lowest BCUT2D eigenvalue weighted by Crippen LogP contribution is -2.50. The fraction of sp³-hybridized carbons (Fsp3) is 0.350. The number of aryl methyl sites for hydroxylation is 2. The molecule has 0 aliphatic carbocycles. The summed E-state index contributed by atoms with van der Waals surface area (Å²) in [6.07, 6.45) is 0.240. The van der Waals surface area contributed by atoms with Gasteiger partial charge in [0, 0.05) is 26.2 Å². The molecule has 3 rings (SSSR count). The summed E-state index contributed by atoms with van der Waals surface area (Å²) >= 11 is 0. The van der Waals surface area contributed by atoms with Gasteiger partial charge in [0.2, 0.25) is 15.9 Å². The molecule has 1 amide bonds. The van der Waals surface area contributed by atoms with Crippen LogP contribution in [0.5, 0.6) is 5.75 Å². The summed E-state index contributed by atoms with van der Waals surface area (Å²) in [7, 11) is -3.55. The van der Waals surface area contributed by atoms with Gasteiger partial charge in [-0.2, -0.15) is 4.31 Å². The largest absolute Gasteiger partial charge is 0.508 e. The molecule has 0 bridgehead atoms. The number of hydrogen-bond acceptors (Lipinski definition) is 4. The molecular formula is C20H24N2O4S. The number of carbonyl (C=O) groups excluding carboxylic acids is 1. The second-order valence-electron chi connectivity index (χ2n) is 6.87. The Morgan fingerprint density at radius 1 is 0.963 bits per heavy atom. The fourth-order valence-corrected chi connectivity index (χ4v) is 4.61. The minimum Gasteiger partial charge on any atom is -0.508 e. The zero-order valence-electron chi connectivity index (χ0n) is 15.6. The van der Waals surface area contributed by atoms with Crippen molar-refractivity contribution < 1.29 is 18.3 Å². The van der Waals surface area contributed by atoms with Crippen LogP contribution in [0.1, 0.15) is 16.7 Å². The second-order valence-corrected chi connectivity index (χ2v) is 8.81. The van der Waals surface area contributed by atoms with Gasteiger partial charge < -0.3 is 10.0 Å². The predicted molar refractivity (Wildman–Crippen MR) is 103 cm³/mol. The Balaban J connectivity index is 1.63. The summed E-state index contributed by atoms with van der Waals surface area (Å²) < 4.78 is 27.1. The van der Waals surface area contributed by atoms with Crippen LogP contribution in [-0.4, -0.2) is 54.8 Å². The Morgan fingerprint density at radius 2 is 1.59 bits per heavy atom. The van der Waals surface area contributed by atoms with E-state index in [1.807, 2.05) is 19.9 Å². The summed E-state index contributed by atoms with van der Waals surface area (Å²) in [5.41, 5.74) is 2.82. The molecule has 0 spiro atoms. The third-order valence-corrected chi connectivity index (χ3v) is 6.89. The standard InChI is InChI=1S/C20H24N2O4S/c1-15-3-8-19(13-16(15)2)27(25,26)22-11-9-21(10-12-22)20(24)14-17-4-6-18(23)7-5-17/h3-8,13,23H,9-12,14H2,1-2H3. The molecule has 144 valence electrons. The normalized spacial score (nSPS) is 15.7. The average Bonchev–Trinajstić information content (AvgIpc) is 2.66. The van der Waals surface area contributed by atoms with E-state index < -0.39 is 10.0 Å². The number of aromatic hydroxyl groups is 1. The van der Waals surface area contributed by atoms with Crippen molar-refractivity contribution >= 4 is 15.9 Å². The summed E-state index contributed by atoms with van der Waals surface area (Å²) in [4.78, 5) is 14.5. The van der Waals surface area contributed by atoms with E-state index in [4.69, 9.17) is 0 Å². The van der Waals surface area contributed by atoms with E-state index in [9.17, 15) is 18.3 Å². The van der Waals surface area contributed by atoms with Gasteiger partial charge in [0.05, 0.1) is 11.3 Å². The number of nitrogens with zero attached hydrogens (tertiary/aromatic N) is 2. The maximum absolute atomic E-state index is 12.8. The van der Waals surface area contributed by atoms with Gasteiger partial charge in [0.15, 0.2) is 0 Å². The highest BCUT2D eigenvalue weighted by atomic mass is 32.2. The van der Waals surface area contributed by atoms with Crippen molar-refractivity contribution in [1.82, 2.24) is 9.21 Å². The Kier molecular flexibility index (Phi) is 5.53. The molecule has 2 aromatic carbocycles. The van der Waals surface area contributed by atoms with Gasteiger partial charge in [-0.1, -0.05) is 18.2 Å².